The number of rotatable bonds is 4. The molecule has 0 atom stereocenters. The van der Waals surface area contributed by atoms with Crippen LogP contribution in [0.2, 0.25) is 0 Å². The molecule has 0 spiro atoms. The fraction of sp³-hybridized carbons (Fsp3) is 0.333. The number of methoxy groups -OCH3 is 2. The van der Waals surface area contributed by atoms with Crippen molar-refractivity contribution in [2.75, 3.05) is 14.2 Å². The van der Waals surface area contributed by atoms with Gasteiger partial charge in [0.05, 0.1) is 0 Å². The Morgan fingerprint density at radius 3 is 2.50 bits per heavy atom. The summed E-state index contributed by atoms with van der Waals surface area (Å²) in [5, 5.41) is 0. The van der Waals surface area contributed by atoms with Crippen molar-refractivity contribution in [1.29, 1.82) is 0 Å². The SMILES string of the molecule is COC(OC)c1c(F)cccc1[I-]Br. The van der Waals surface area contributed by atoms with E-state index in [4.69, 9.17) is 9.47 Å². The van der Waals surface area contributed by atoms with Gasteiger partial charge in [0.2, 0.25) is 0 Å². The second kappa shape index (κ2) is 5.99. The quantitative estimate of drug-likeness (QED) is 0.531. The number of hydrogen-bond acceptors (Lipinski definition) is 2. The number of benzene rings is 1. The van der Waals surface area contributed by atoms with Crippen molar-refractivity contribution in [2.24, 2.45) is 0 Å². The first-order chi connectivity index (χ1) is 6.74. The zero-order chi connectivity index (χ0) is 10.6. The predicted octanol–water partition coefficient (Wildman–Crippen LogP) is -0.314. The van der Waals surface area contributed by atoms with Gasteiger partial charge in [-0.2, -0.15) is 0 Å². The second-order valence-corrected chi connectivity index (χ2v) is 6.09. The molecule has 0 radical (unpaired) electrons. The Hall–Kier alpha value is 0.280. The number of halogens is 3. The van der Waals surface area contributed by atoms with E-state index in [2.05, 4.69) is 12.7 Å². The van der Waals surface area contributed by atoms with Crippen LogP contribution in [0.25, 0.3) is 0 Å². The minimum atomic E-state index is -0.622. The van der Waals surface area contributed by atoms with Gasteiger partial charge < -0.3 is 0 Å². The molecule has 2 nitrogen and oxygen atoms in total. The topological polar surface area (TPSA) is 18.5 Å². The molecule has 0 saturated heterocycles. The van der Waals surface area contributed by atoms with Crippen LogP contribution in [0.3, 0.4) is 0 Å². The monoisotopic (exact) mass is 375 g/mol. The van der Waals surface area contributed by atoms with E-state index in [9.17, 15) is 4.39 Å². The first-order valence-electron chi connectivity index (χ1n) is 3.84. The summed E-state index contributed by atoms with van der Waals surface area (Å²) in [7, 11) is 2.99. The Labute approximate surface area is 98.8 Å². The molecule has 14 heavy (non-hydrogen) atoms. The average molecular weight is 376 g/mol. The maximum atomic E-state index is 13.5. The van der Waals surface area contributed by atoms with Gasteiger partial charge in [0.1, 0.15) is 0 Å². The molecule has 0 N–H and O–H groups in total. The zero-order valence-corrected chi connectivity index (χ0v) is 11.5. The van der Waals surface area contributed by atoms with E-state index < -0.39 is 6.29 Å². The van der Waals surface area contributed by atoms with Gasteiger partial charge in [-0.15, -0.1) is 0 Å². The van der Waals surface area contributed by atoms with E-state index in [0.717, 1.165) is 3.57 Å². The summed E-state index contributed by atoms with van der Waals surface area (Å²) in [6, 6.07) is 4.99. The van der Waals surface area contributed by atoms with E-state index in [1.165, 1.54) is 20.3 Å². The van der Waals surface area contributed by atoms with Gasteiger partial charge in [-0.25, -0.2) is 0 Å². The molecule has 0 amide bonds. The predicted molar refractivity (Wildman–Crippen MR) is 50.8 cm³/mol. The van der Waals surface area contributed by atoms with Gasteiger partial charge >= 0.3 is 99.2 Å². The van der Waals surface area contributed by atoms with Gasteiger partial charge in [0, 0.05) is 0 Å². The molecule has 0 saturated carbocycles. The molecule has 1 rings (SSSR count). The normalized spacial score (nSPS) is 11.2. The van der Waals surface area contributed by atoms with Crippen LogP contribution in [0, 0.1) is 9.39 Å². The molecule has 0 unspecified atom stereocenters. The van der Waals surface area contributed by atoms with E-state index in [1.54, 1.807) is 6.07 Å². The summed E-state index contributed by atoms with van der Waals surface area (Å²) in [4.78, 5) is 0. The number of ether oxygens (including phenoxy) is 2. The Balaban J connectivity index is 3.14. The molecular formula is C9H10BrFIO2-. The first kappa shape index (κ1) is 12.4. The molecule has 0 aliphatic carbocycles. The van der Waals surface area contributed by atoms with Crippen LogP contribution < -0.4 is 19.0 Å². The molecule has 1 aromatic carbocycles. The Morgan fingerprint density at radius 1 is 1.36 bits per heavy atom. The molecule has 1 aromatic rings. The van der Waals surface area contributed by atoms with Crippen LogP contribution in [0.15, 0.2) is 18.2 Å². The third-order valence-electron chi connectivity index (χ3n) is 1.74. The van der Waals surface area contributed by atoms with Crippen molar-refractivity contribution in [3.63, 3.8) is 0 Å². The molecule has 0 fully saturated rings. The van der Waals surface area contributed by atoms with E-state index in [0.29, 0.717) is 5.56 Å². The molecular weight excluding hydrogens is 366 g/mol. The molecule has 0 bridgehead atoms. The van der Waals surface area contributed by atoms with Gasteiger partial charge in [-0.05, 0) is 0 Å². The third kappa shape index (κ3) is 2.65. The van der Waals surface area contributed by atoms with Crippen molar-refractivity contribution in [1.82, 2.24) is 0 Å². The third-order valence-corrected chi connectivity index (χ3v) is 5.29. The zero-order valence-electron chi connectivity index (χ0n) is 7.76. The standard InChI is InChI=1S/C9H10BrFIO2/c1-13-9(14-2)8-6(11)4-3-5-7(8)12-10/h3-5,9H,1-2H3/q-1. The van der Waals surface area contributed by atoms with E-state index >= 15 is 0 Å². The summed E-state index contributed by atoms with van der Waals surface area (Å²) in [6.07, 6.45) is -0.622. The average Bonchev–Trinajstić information content (AvgIpc) is 2.22. The van der Waals surface area contributed by atoms with Gasteiger partial charge in [-0.1, -0.05) is 0 Å². The van der Waals surface area contributed by atoms with Gasteiger partial charge in [0.25, 0.3) is 0 Å². The van der Waals surface area contributed by atoms with Gasteiger partial charge in [0.15, 0.2) is 0 Å². The fourth-order valence-corrected chi connectivity index (χ4v) is 3.96. The Kier molecular flexibility index (Phi) is 5.29. The van der Waals surface area contributed by atoms with Crippen LogP contribution in [0.4, 0.5) is 4.39 Å². The van der Waals surface area contributed by atoms with Crippen molar-refractivity contribution in [2.45, 2.75) is 6.29 Å². The molecule has 5 heteroatoms. The fourth-order valence-electron chi connectivity index (χ4n) is 1.13. The van der Waals surface area contributed by atoms with Crippen LogP contribution in [-0.4, -0.2) is 14.2 Å². The summed E-state index contributed by atoms with van der Waals surface area (Å²) >= 11 is 3.04. The van der Waals surface area contributed by atoms with Gasteiger partial charge in [-0.3, -0.25) is 0 Å². The van der Waals surface area contributed by atoms with Crippen LogP contribution in [0.1, 0.15) is 11.9 Å². The summed E-state index contributed by atoms with van der Waals surface area (Å²) in [5.41, 5.74) is 0.502. The van der Waals surface area contributed by atoms with Crippen LogP contribution in [-0.2, 0) is 9.47 Å². The van der Waals surface area contributed by atoms with E-state index in [-0.39, 0.29) is 24.8 Å². The molecule has 0 heterocycles. The molecule has 0 aliphatic rings. The number of hydrogen-bond donors (Lipinski definition) is 0. The summed E-state index contributed by atoms with van der Waals surface area (Å²) in [6.45, 7) is 0. The summed E-state index contributed by atoms with van der Waals surface area (Å²) < 4.78 is 24.5. The minimum absolute atomic E-state index is 0.282. The second-order valence-electron chi connectivity index (χ2n) is 2.51. The molecule has 80 valence electrons. The maximum absolute atomic E-state index is 13.5. The van der Waals surface area contributed by atoms with Crippen molar-refractivity contribution in [3.05, 3.63) is 33.1 Å². The first-order valence-corrected chi connectivity index (χ1v) is 9.76. The molecule has 0 aromatic heterocycles. The van der Waals surface area contributed by atoms with E-state index in [1.807, 2.05) is 6.07 Å². The van der Waals surface area contributed by atoms with Crippen molar-refractivity contribution >= 4 is 12.7 Å². The van der Waals surface area contributed by atoms with Crippen LogP contribution >= 0.6 is 12.7 Å². The van der Waals surface area contributed by atoms with Crippen molar-refractivity contribution < 1.29 is 32.8 Å². The van der Waals surface area contributed by atoms with Crippen molar-refractivity contribution in [3.8, 4) is 0 Å². The Morgan fingerprint density at radius 2 is 2.00 bits per heavy atom. The molecule has 0 aliphatic heterocycles. The Bertz CT molecular complexity index is 305. The summed E-state index contributed by atoms with van der Waals surface area (Å²) in [5.74, 6) is -0.282. The van der Waals surface area contributed by atoms with Crippen LogP contribution in [0.5, 0.6) is 0 Å².